The maximum Gasteiger partial charge on any atom is 0.241 e. The number of hydrogen-bond donors (Lipinski definition) is 1. The molecule has 18 heavy (non-hydrogen) atoms. The van der Waals surface area contributed by atoms with E-state index < -0.39 is 0 Å². The Kier molecular flexibility index (Phi) is 4.38. The summed E-state index contributed by atoms with van der Waals surface area (Å²) in [5.41, 5.74) is 0. The molecular formula is C13H21N3O2. The Bertz CT molecular complexity index is 376. The zero-order valence-corrected chi connectivity index (χ0v) is 11.1. The van der Waals surface area contributed by atoms with E-state index in [2.05, 4.69) is 5.32 Å². The second-order valence-electron chi connectivity index (χ2n) is 4.96. The monoisotopic (exact) mass is 251 g/mol. The van der Waals surface area contributed by atoms with Crippen molar-refractivity contribution in [3.05, 3.63) is 24.2 Å². The summed E-state index contributed by atoms with van der Waals surface area (Å²) in [7, 11) is 3.97. The highest BCUT2D eigenvalue weighted by Crippen LogP contribution is 2.10. The number of carbonyl (C=O) groups is 1. The zero-order chi connectivity index (χ0) is 13.0. The lowest BCUT2D eigenvalue weighted by Gasteiger charge is -2.25. The quantitative estimate of drug-likeness (QED) is 0.848. The molecule has 0 spiro atoms. The van der Waals surface area contributed by atoms with Crippen LogP contribution in [0.25, 0.3) is 0 Å². The second-order valence-corrected chi connectivity index (χ2v) is 4.96. The lowest BCUT2D eigenvalue weighted by molar-refractivity contribution is -0.133. The van der Waals surface area contributed by atoms with E-state index in [-0.39, 0.29) is 11.9 Å². The van der Waals surface area contributed by atoms with Crippen molar-refractivity contribution in [2.45, 2.75) is 19.0 Å². The Balaban J connectivity index is 2.02. The minimum absolute atomic E-state index is 0.113. The van der Waals surface area contributed by atoms with Crippen molar-refractivity contribution < 1.29 is 9.21 Å². The highest BCUT2D eigenvalue weighted by atomic mass is 16.3. The maximum atomic E-state index is 12.4. The molecule has 1 atom stereocenters. The van der Waals surface area contributed by atoms with Gasteiger partial charge in [-0.05, 0) is 39.2 Å². The number of hydrogen-bond acceptors (Lipinski definition) is 4. The van der Waals surface area contributed by atoms with Gasteiger partial charge < -0.3 is 19.5 Å². The van der Waals surface area contributed by atoms with Crippen LogP contribution in [-0.4, -0.2) is 55.5 Å². The molecule has 0 saturated carbocycles. The third-order valence-electron chi connectivity index (χ3n) is 3.08. The van der Waals surface area contributed by atoms with Gasteiger partial charge in [-0.3, -0.25) is 4.79 Å². The lowest BCUT2D eigenvalue weighted by Crippen LogP contribution is -2.48. The standard InChI is InChI=1S/C13H21N3O2/c1-15(2)10-12-13(17)16(7-4-6-14-12)9-11-5-3-8-18-11/h3,5,8,12,14H,4,6-7,9-10H2,1-2H3. The maximum absolute atomic E-state index is 12.4. The molecule has 1 aliphatic rings. The van der Waals surface area contributed by atoms with Crippen molar-refractivity contribution in [1.29, 1.82) is 0 Å². The first-order valence-corrected chi connectivity index (χ1v) is 6.36. The van der Waals surface area contributed by atoms with E-state index in [9.17, 15) is 4.79 Å². The summed E-state index contributed by atoms with van der Waals surface area (Å²) in [6.45, 7) is 2.97. The summed E-state index contributed by atoms with van der Waals surface area (Å²) in [4.78, 5) is 16.3. The van der Waals surface area contributed by atoms with Crippen LogP contribution >= 0.6 is 0 Å². The topological polar surface area (TPSA) is 48.7 Å². The third kappa shape index (κ3) is 3.34. The van der Waals surface area contributed by atoms with Crippen molar-refractivity contribution in [2.24, 2.45) is 0 Å². The zero-order valence-electron chi connectivity index (χ0n) is 11.1. The van der Waals surface area contributed by atoms with Crippen molar-refractivity contribution in [3.63, 3.8) is 0 Å². The van der Waals surface area contributed by atoms with Crippen molar-refractivity contribution in [3.8, 4) is 0 Å². The first kappa shape index (κ1) is 13.1. The van der Waals surface area contributed by atoms with Gasteiger partial charge in [-0.15, -0.1) is 0 Å². The molecule has 0 bridgehead atoms. The van der Waals surface area contributed by atoms with E-state index in [4.69, 9.17) is 4.42 Å². The summed E-state index contributed by atoms with van der Waals surface area (Å²) in [5.74, 6) is 1.01. The molecule has 1 aromatic heterocycles. The minimum Gasteiger partial charge on any atom is -0.467 e. The molecule has 1 aliphatic heterocycles. The average Bonchev–Trinajstić information content (AvgIpc) is 2.77. The molecule has 1 N–H and O–H groups in total. The SMILES string of the molecule is CN(C)CC1NCCCN(Cc2ccco2)C1=O. The van der Waals surface area contributed by atoms with E-state index in [0.29, 0.717) is 6.54 Å². The molecule has 5 heteroatoms. The Hall–Kier alpha value is -1.33. The molecular weight excluding hydrogens is 230 g/mol. The first-order valence-electron chi connectivity index (χ1n) is 6.36. The lowest BCUT2D eigenvalue weighted by atomic mass is 10.2. The summed E-state index contributed by atoms with van der Waals surface area (Å²) >= 11 is 0. The minimum atomic E-state index is -0.113. The van der Waals surface area contributed by atoms with Gasteiger partial charge in [0.2, 0.25) is 5.91 Å². The molecule has 1 fully saturated rings. The predicted octanol–water partition coefficient (Wildman–Crippen LogP) is 0.532. The molecule has 2 rings (SSSR count). The number of carbonyl (C=O) groups excluding carboxylic acids is 1. The van der Waals surface area contributed by atoms with E-state index in [1.54, 1.807) is 6.26 Å². The molecule has 0 radical (unpaired) electrons. The van der Waals surface area contributed by atoms with Crippen LogP contribution in [0.15, 0.2) is 22.8 Å². The molecule has 100 valence electrons. The van der Waals surface area contributed by atoms with Crippen LogP contribution in [0.5, 0.6) is 0 Å². The van der Waals surface area contributed by atoms with Gasteiger partial charge in [-0.2, -0.15) is 0 Å². The Morgan fingerprint density at radius 1 is 1.56 bits per heavy atom. The number of nitrogens with one attached hydrogen (secondary N) is 1. The fourth-order valence-electron chi connectivity index (χ4n) is 2.22. The fraction of sp³-hybridized carbons (Fsp3) is 0.615. The number of nitrogens with zero attached hydrogens (tertiary/aromatic N) is 2. The summed E-state index contributed by atoms with van der Waals surface area (Å²) in [6.07, 6.45) is 2.63. The Labute approximate surface area is 108 Å². The van der Waals surface area contributed by atoms with Crippen LogP contribution in [0.3, 0.4) is 0 Å². The largest absolute Gasteiger partial charge is 0.467 e. The van der Waals surface area contributed by atoms with Crippen LogP contribution in [-0.2, 0) is 11.3 Å². The molecule has 0 aliphatic carbocycles. The average molecular weight is 251 g/mol. The number of amides is 1. The summed E-state index contributed by atoms with van der Waals surface area (Å²) in [6, 6.07) is 3.65. The molecule has 1 aromatic rings. The fourth-order valence-corrected chi connectivity index (χ4v) is 2.22. The van der Waals surface area contributed by atoms with Crippen LogP contribution < -0.4 is 5.32 Å². The predicted molar refractivity (Wildman–Crippen MR) is 69.1 cm³/mol. The van der Waals surface area contributed by atoms with Crippen LogP contribution in [0, 0.1) is 0 Å². The van der Waals surface area contributed by atoms with Gasteiger partial charge in [0, 0.05) is 13.1 Å². The second kappa shape index (κ2) is 6.02. The summed E-state index contributed by atoms with van der Waals surface area (Å²) < 4.78 is 5.32. The third-order valence-corrected chi connectivity index (χ3v) is 3.08. The van der Waals surface area contributed by atoms with Crippen LogP contribution in [0.2, 0.25) is 0 Å². The highest BCUT2D eigenvalue weighted by molar-refractivity contribution is 5.82. The van der Waals surface area contributed by atoms with Gasteiger partial charge in [0.1, 0.15) is 5.76 Å². The molecule has 2 heterocycles. The highest BCUT2D eigenvalue weighted by Gasteiger charge is 2.27. The van der Waals surface area contributed by atoms with Gasteiger partial charge in [-0.1, -0.05) is 0 Å². The van der Waals surface area contributed by atoms with Gasteiger partial charge in [0.25, 0.3) is 0 Å². The van der Waals surface area contributed by atoms with E-state index in [1.165, 1.54) is 0 Å². The molecule has 5 nitrogen and oxygen atoms in total. The van der Waals surface area contributed by atoms with Gasteiger partial charge in [0.05, 0.1) is 18.8 Å². The Morgan fingerprint density at radius 3 is 3.06 bits per heavy atom. The number of rotatable bonds is 4. The number of furan rings is 1. The van der Waals surface area contributed by atoms with Gasteiger partial charge in [-0.25, -0.2) is 0 Å². The normalized spacial score (nSPS) is 21.4. The molecule has 1 amide bonds. The molecule has 0 aromatic carbocycles. The first-order chi connectivity index (χ1) is 8.66. The number of likely N-dealkylation sites (N-methyl/N-ethyl adjacent to an activating group) is 1. The van der Waals surface area contributed by atoms with Gasteiger partial charge in [0.15, 0.2) is 0 Å². The van der Waals surface area contributed by atoms with Crippen molar-refractivity contribution in [2.75, 3.05) is 33.7 Å². The van der Waals surface area contributed by atoms with Crippen LogP contribution in [0.4, 0.5) is 0 Å². The van der Waals surface area contributed by atoms with E-state index in [0.717, 1.165) is 31.8 Å². The van der Waals surface area contributed by atoms with E-state index >= 15 is 0 Å². The summed E-state index contributed by atoms with van der Waals surface area (Å²) in [5, 5.41) is 3.31. The van der Waals surface area contributed by atoms with E-state index in [1.807, 2.05) is 36.0 Å². The smallest absolute Gasteiger partial charge is 0.241 e. The molecule has 1 saturated heterocycles. The van der Waals surface area contributed by atoms with Crippen molar-refractivity contribution >= 4 is 5.91 Å². The van der Waals surface area contributed by atoms with Gasteiger partial charge >= 0.3 is 0 Å². The van der Waals surface area contributed by atoms with Crippen LogP contribution in [0.1, 0.15) is 12.2 Å². The van der Waals surface area contributed by atoms with Crippen molar-refractivity contribution in [1.82, 2.24) is 15.1 Å². The molecule has 1 unspecified atom stereocenters. The Morgan fingerprint density at radius 2 is 2.39 bits per heavy atom.